The summed E-state index contributed by atoms with van der Waals surface area (Å²) < 4.78 is 17.0. The van der Waals surface area contributed by atoms with Crippen LogP contribution in [0.1, 0.15) is 24.8 Å². The first-order valence-corrected chi connectivity index (χ1v) is 9.10. The molecule has 0 radical (unpaired) electrons. The second kappa shape index (κ2) is 9.78. The Bertz CT molecular complexity index is 659. The molecule has 0 aliphatic carbocycles. The minimum absolute atomic E-state index is 0.0610. The lowest BCUT2D eigenvalue weighted by Gasteiger charge is -2.22. The van der Waals surface area contributed by atoms with Crippen LogP contribution in [0.2, 0.25) is 5.02 Å². The van der Waals surface area contributed by atoms with Crippen LogP contribution in [0.5, 0.6) is 0 Å². The summed E-state index contributed by atoms with van der Waals surface area (Å²) >= 11 is 6.04. The molecule has 5 heteroatoms. The third-order valence-electron chi connectivity index (χ3n) is 4.05. The van der Waals surface area contributed by atoms with Gasteiger partial charge in [0.1, 0.15) is 0 Å². The van der Waals surface area contributed by atoms with Gasteiger partial charge < -0.3 is 19.5 Å². The second-order valence-corrected chi connectivity index (χ2v) is 6.45. The lowest BCUT2D eigenvalue weighted by Crippen LogP contribution is -2.23. The van der Waals surface area contributed by atoms with E-state index >= 15 is 0 Å². The van der Waals surface area contributed by atoms with E-state index in [1.807, 2.05) is 42.5 Å². The number of hydrogen-bond acceptors (Lipinski definition) is 4. The highest BCUT2D eigenvalue weighted by Gasteiger charge is 2.13. The van der Waals surface area contributed by atoms with Crippen LogP contribution in [0.15, 0.2) is 48.5 Å². The molecule has 134 valence electrons. The van der Waals surface area contributed by atoms with Crippen molar-refractivity contribution in [2.45, 2.75) is 32.2 Å². The fourth-order valence-corrected chi connectivity index (χ4v) is 2.94. The molecule has 0 bridgehead atoms. The zero-order chi connectivity index (χ0) is 17.3. The van der Waals surface area contributed by atoms with Gasteiger partial charge in [-0.2, -0.15) is 0 Å². The average molecular weight is 362 g/mol. The van der Waals surface area contributed by atoms with E-state index < -0.39 is 0 Å². The molecule has 1 N–H and O–H groups in total. The second-order valence-electron chi connectivity index (χ2n) is 6.01. The van der Waals surface area contributed by atoms with Crippen LogP contribution in [-0.4, -0.2) is 26.1 Å². The van der Waals surface area contributed by atoms with Gasteiger partial charge in [0.05, 0.1) is 19.8 Å². The first-order chi connectivity index (χ1) is 12.3. The molecule has 1 heterocycles. The molecule has 1 atom stereocenters. The third kappa shape index (κ3) is 6.01. The molecule has 0 saturated carbocycles. The van der Waals surface area contributed by atoms with E-state index in [9.17, 15) is 0 Å². The van der Waals surface area contributed by atoms with Gasteiger partial charge in [0, 0.05) is 28.6 Å². The predicted octanol–water partition coefficient (Wildman–Crippen LogP) is 5.14. The summed E-state index contributed by atoms with van der Waals surface area (Å²) in [4.78, 5) is 0. The van der Waals surface area contributed by atoms with Gasteiger partial charge in [0.2, 0.25) is 0 Å². The van der Waals surface area contributed by atoms with Crippen LogP contribution in [0.4, 0.5) is 11.4 Å². The molecule has 3 rings (SSSR count). The molecule has 4 nitrogen and oxygen atoms in total. The van der Waals surface area contributed by atoms with Crippen molar-refractivity contribution in [2.75, 3.05) is 25.1 Å². The number of ether oxygens (including phenoxy) is 3. The Labute approximate surface area is 154 Å². The molecule has 2 aromatic carbocycles. The fraction of sp³-hybridized carbons (Fsp3) is 0.400. The highest BCUT2D eigenvalue weighted by atomic mass is 35.5. The van der Waals surface area contributed by atoms with Crippen LogP contribution in [0, 0.1) is 0 Å². The van der Waals surface area contributed by atoms with Crippen molar-refractivity contribution in [3.8, 4) is 0 Å². The van der Waals surface area contributed by atoms with Crippen molar-refractivity contribution in [1.82, 2.24) is 0 Å². The number of nitrogens with one attached hydrogen (secondary N) is 1. The van der Waals surface area contributed by atoms with Crippen LogP contribution >= 0.6 is 11.6 Å². The van der Waals surface area contributed by atoms with Gasteiger partial charge in [-0.25, -0.2) is 0 Å². The van der Waals surface area contributed by atoms with Crippen molar-refractivity contribution in [2.24, 2.45) is 0 Å². The van der Waals surface area contributed by atoms with Gasteiger partial charge in [-0.1, -0.05) is 35.9 Å². The zero-order valence-corrected chi connectivity index (χ0v) is 15.0. The van der Waals surface area contributed by atoms with Crippen LogP contribution in [-0.2, 0) is 20.8 Å². The lowest BCUT2D eigenvalue weighted by atomic mass is 10.2. The molecule has 1 aliphatic heterocycles. The van der Waals surface area contributed by atoms with Crippen LogP contribution in [0.25, 0.3) is 0 Å². The van der Waals surface area contributed by atoms with Crippen LogP contribution in [0.3, 0.4) is 0 Å². The molecular formula is C20H24ClNO3. The molecule has 1 aliphatic rings. The van der Waals surface area contributed by atoms with Gasteiger partial charge in [-0.05, 0) is 43.5 Å². The highest BCUT2D eigenvalue weighted by molar-refractivity contribution is 6.30. The summed E-state index contributed by atoms with van der Waals surface area (Å²) in [5, 5.41) is 4.10. The summed E-state index contributed by atoms with van der Waals surface area (Å²) in [5.41, 5.74) is 3.07. The topological polar surface area (TPSA) is 39.7 Å². The van der Waals surface area contributed by atoms with E-state index in [-0.39, 0.29) is 6.29 Å². The molecule has 0 amide bonds. The number of anilines is 2. The maximum Gasteiger partial charge on any atom is 0.157 e. The number of para-hydroxylation sites is 1. The first kappa shape index (κ1) is 18.2. The highest BCUT2D eigenvalue weighted by Crippen LogP contribution is 2.23. The molecule has 0 spiro atoms. The summed E-state index contributed by atoms with van der Waals surface area (Å²) in [7, 11) is 0. The predicted molar refractivity (Wildman–Crippen MR) is 100 cm³/mol. The third-order valence-corrected chi connectivity index (χ3v) is 4.28. The van der Waals surface area contributed by atoms with Crippen molar-refractivity contribution in [3.05, 3.63) is 59.1 Å². The molecular weight excluding hydrogens is 338 g/mol. The minimum atomic E-state index is -0.0610. The summed E-state index contributed by atoms with van der Waals surface area (Å²) in [6.07, 6.45) is 3.22. The normalized spacial score (nSPS) is 17.4. The summed E-state index contributed by atoms with van der Waals surface area (Å²) in [6.45, 7) is 2.42. The Hall–Kier alpha value is -1.59. The number of halogens is 1. The number of benzene rings is 2. The van der Waals surface area contributed by atoms with Crippen LogP contribution < -0.4 is 5.32 Å². The largest absolute Gasteiger partial charge is 0.374 e. The van der Waals surface area contributed by atoms with E-state index in [1.165, 1.54) is 6.42 Å². The van der Waals surface area contributed by atoms with E-state index in [0.717, 1.165) is 36.4 Å². The number of rotatable bonds is 8. The molecule has 1 fully saturated rings. The van der Waals surface area contributed by atoms with Crippen molar-refractivity contribution >= 4 is 23.0 Å². The Balaban J connectivity index is 1.46. The average Bonchev–Trinajstić information content (AvgIpc) is 2.64. The zero-order valence-electron chi connectivity index (χ0n) is 14.2. The van der Waals surface area contributed by atoms with Gasteiger partial charge in [0.25, 0.3) is 0 Å². The Morgan fingerprint density at radius 1 is 1.08 bits per heavy atom. The van der Waals surface area contributed by atoms with E-state index in [1.54, 1.807) is 0 Å². The van der Waals surface area contributed by atoms with Gasteiger partial charge in [-0.3, -0.25) is 0 Å². The Morgan fingerprint density at radius 3 is 2.84 bits per heavy atom. The van der Waals surface area contributed by atoms with Crippen molar-refractivity contribution in [3.63, 3.8) is 0 Å². The van der Waals surface area contributed by atoms with E-state index in [0.29, 0.717) is 24.8 Å². The summed E-state index contributed by atoms with van der Waals surface area (Å²) in [5.74, 6) is 0. The Kier molecular flexibility index (Phi) is 7.12. The van der Waals surface area contributed by atoms with E-state index in [2.05, 4.69) is 11.4 Å². The fourth-order valence-electron chi connectivity index (χ4n) is 2.75. The molecule has 25 heavy (non-hydrogen) atoms. The number of hydrogen-bond donors (Lipinski definition) is 1. The van der Waals surface area contributed by atoms with Gasteiger partial charge in [-0.15, -0.1) is 0 Å². The van der Waals surface area contributed by atoms with Gasteiger partial charge in [0.15, 0.2) is 6.29 Å². The monoisotopic (exact) mass is 361 g/mol. The SMILES string of the molecule is Clc1cccc(Nc2ccccc2COCCOC2CCCCO2)c1. The van der Waals surface area contributed by atoms with Crippen molar-refractivity contribution in [1.29, 1.82) is 0 Å². The summed E-state index contributed by atoms with van der Waals surface area (Å²) in [6, 6.07) is 15.8. The minimum Gasteiger partial charge on any atom is -0.374 e. The Morgan fingerprint density at radius 2 is 2.00 bits per heavy atom. The maximum atomic E-state index is 6.04. The van der Waals surface area contributed by atoms with Crippen molar-refractivity contribution < 1.29 is 14.2 Å². The maximum absolute atomic E-state index is 6.04. The van der Waals surface area contributed by atoms with E-state index in [4.69, 9.17) is 25.8 Å². The molecule has 1 saturated heterocycles. The molecule has 2 aromatic rings. The standard InChI is InChI=1S/C20H24ClNO3/c21-17-7-5-8-18(14-17)22-19-9-2-1-6-16(19)15-23-12-13-25-20-10-3-4-11-24-20/h1-2,5-9,14,20,22H,3-4,10-13,15H2. The molecule has 0 aromatic heterocycles. The smallest absolute Gasteiger partial charge is 0.157 e. The first-order valence-electron chi connectivity index (χ1n) is 8.73. The molecule has 1 unspecified atom stereocenters. The van der Waals surface area contributed by atoms with Gasteiger partial charge >= 0.3 is 0 Å². The quantitative estimate of drug-likeness (QED) is 0.660. The lowest BCUT2D eigenvalue weighted by molar-refractivity contribution is -0.169.